The summed E-state index contributed by atoms with van der Waals surface area (Å²) in [4.78, 5) is 25.1. The lowest BCUT2D eigenvalue weighted by molar-refractivity contribution is -0.138. The number of aryl methyl sites for hydroxylation is 2. The van der Waals surface area contributed by atoms with Gasteiger partial charge in [-0.2, -0.15) is 0 Å². The number of hydrogen-bond donors (Lipinski definition) is 0. The number of piperazine rings is 1. The number of aromatic nitrogens is 2. The van der Waals surface area contributed by atoms with E-state index in [-0.39, 0.29) is 5.91 Å². The van der Waals surface area contributed by atoms with E-state index >= 15 is 0 Å². The Morgan fingerprint density at radius 3 is 2.40 bits per heavy atom. The van der Waals surface area contributed by atoms with Gasteiger partial charge in [-0.3, -0.25) is 4.79 Å². The topological polar surface area (TPSA) is 58.6 Å². The molecule has 1 aliphatic rings. The molecular weight excluding hydrogens is 316 g/mol. The van der Waals surface area contributed by atoms with Crippen LogP contribution in [0.4, 0.5) is 5.95 Å². The maximum absolute atomic E-state index is 12.6. The first-order valence-corrected chi connectivity index (χ1v) is 8.59. The third-order valence-corrected chi connectivity index (χ3v) is 4.57. The summed E-state index contributed by atoms with van der Waals surface area (Å²) in [5.74, 6) is 1.47. The molecule has 132 valence electrons. The van der Waals surface area contributed by atoms with Crippen molar-refractivity contribution in [2.24, 2.45) is 0 Å². The van der Waals surface area contributed by atoms with Crippen molar-refractivity contribution < 1.29 is 9.53 Å². The van der Waals surface area contributed by atoms with Gasteiger partial charge in [-0.15, -0.1) is 0 Å². The fraction of sp³-hybridized carbons (Fsp3) is 0.421. The highest BCUT2D eigenvalue weighted by atomic mass is 16.5. The van der Waals surface area contributed by atoms with E-state index in [2.05, 4.69) is 21.8 Å². The molecular formula is C19H24N4O2. The van der Waals surface area contributed by atoms with Crippen LogP contribution in [-0.2, 0) is 4.79 Å². The molecule has 1 aliphatic heterocycles. The Labute approximate surface area is 148 Å². The third-order valence-electron chi connectivity index (χ3n) is 4.57. The van der Waals surface area contributed by atoms with Crippen LogP contribution in [0.1, 0.15) is 18.1 Å². The standard InChI is InChI=1S/C19H24N4O2/c1-14-5-6-17(13-15(14)2)25-16(3)18(24)22-9-11-23(12-10-22)19-20-7-4-8-21-19/h4-8,13,16H,9-12H2,1-3H3/t16-/m0/s1. The minimum Gasteiger partial charge on any atom is -0.481 e. The molecule has 0 unspecified atom stereocenters. The minimum absolute atomic E-state index is 0.0202. The number of amides is 1. The third kappa shape index (κ3) is 4.07. The first-order valence-electron chi connectivity index (χ1n) is 8.59. The van der Waals surface area contributed by atoms with Crippen LogP contribution in [0, 0.1) is 13.8 Å². The summed E-state index contributed by atoms with van der Waals surface area (Å²) in [7, 11) is 0. The molecule has 1 aromatic heterocycles. The van der Waals surface area contributed by atoms with Crippen LogP contribution in [0.5, 0.6) is 5.75 Å². The molecule has 2 heterocycles. The summed E-state index contributed by atoms with van der Waals surface area (Å²) in [6.07, 6.45) is 2.97. The lowest BCUT2D eigenvalue weighted by Crippen LogP contribution is -2.52. The fourth-order valence-electron chi connectivity index (χ4n) is 2.88. The minimum atomic E-state index is -0.498. The van der Waals surface area contributed by atoms with Crippen molar-refractivity contribution in [1.82, 2.24) is 14.9 Å². The number of hydrogen-bond acceptors (Lipinski definition) is 5. The van der Waals surface area contributed by atoms with Crippen molar-refractivity contribution in [2.45, 2.75) is 26.9 Å². The van der Waals surface area contributed by atoms with Crippen molar-refractivity contribution in [2.75, 3.05) is 31.1 Å². The molecule has 25 heavy (non-hydrogen) atoms. The Hall–Kier alpha value is -2.63. The average Bonchev–Trinajstić information content (AvgIpc) is 2.65. The van der Waals surface area contributed by atoms with Crippen molar-refractivity contribution >= 4 is 11.9 Å². The molecule has 0 radical (unpaired) electrons. The molecule has 0 aliphatic carbocycles. The molecule has 1 aromatic carbocycles. The van der Waals surface area contributed by atoms with E-state index in [4.69, 9.17) is 4.74 Å². The average molecular weight is 340 g/mol. The van der Waals surface area contributed by atoms with Gasteiger partial charge in [0.2, 0.25) is 5.95 Å². The molecule has 1 saturated heterocycles. The molecule has 1 amide bonds. The Morgan fingerprint density at radius 1 is 1.08 bits per heavy atom. The number of ether oxygens (including phenoxy) is 1. The smallest absolute Gasteiger partial charge is 0.263 e. The van der Waals surface area contributed by atoms with Crippen molar-refractivity contribution in [3.05, 3.63) is 47.8 Å². The van der Waals surface area contributed by atoms with Gasteiger partial charge in [0.25, 0.3) is 5.91 Å². The van der Waals surface area contributed by atoms with Crippen LogP contribution in [0.3, 0.4) is 0 Å². The summed E-state index contributed by atoms with van der Waals surface area (Å²) in [6.45, 7) is 8.67. The summed E-state index contributed by atoms with van der Waals surface area (Å²) in [6, 6.07) is 7.70. The molecule has 3 rings (SSSR count). The van der Waals surface area contributed by atoms with Gasteiger partial charge < -0.3 is 14.5 Å². The zero-order valence-electron chi connectivity index (χ0n) is 15.0. The number of nitrogens with zero attached hydrogens (tertiary/aromatic N) is 4. The Kier molecular flexibility index (Phi) is 5.16. The maximum Gasteiger partial charge on any atom is 0.263 e. The number of carbonyl (C=O) groups is 1. The molecule has 0 saturated carbocycles. The van der Waals surface area contributed by atoms with Gasteiger partial charge >= 0.3 is 0 Å². The summed E-state index contributed by atoms with van der Waals surface area (Å²) >= 11 is 0. The molecule has 0 N–H and O–H groups in total. The van der Waals surface area contributed by atoms with Gasteiger partial charge in [0, 0.05) is 38.6 Å². The van der Waals surface area contributed by atoms with Gasteiger partial charge in [-0.05, 0) is 50.1 Å². The van der Waals surface area contributed by atoms with E-state index in [1.54, 1.807) is 18.5 Å². The SMILES string of the molecule is Cc1ccc(O[C@@H](C)C(=O)N2CCN(c3ncccn3)CC2)cc1C. The van der Waals surface area contributed by atoms with Gasteiger partial charge in [-0.25, -0.2) is 9.97 Å². The first kappa shape index (κ1) is 17.2. The van der Waals surface area contributed by atoms with Crippen LogP contribution in [0.2, 0.25) is 0 Å². The lowest BCUT2D eigenvalue weighted by atomic mass is 10.1. The van der Waals surface area contributed by atoms with Crippen LogP contribution in [0.25, 0.3) is 0 Å². The Morgan fingerprint density at radius 2 is 1.76 bits per heavy atom. The van der Waals surface area contributed by atoms with Crippen LogP contribution in [-0.4, -0.2) is 53.1 Å². The quantitative estimate of drug-likeness (QED) is 0.854. The molecule has 1 fully saturated rings. The molecule has 1 atom stereocenters. The molecule has 0 bridgehead atoms. The van der Waals surface area contributed by atoms with Gasteiger partial charge in [0.15, 0.2) is 6.10 Å². The van der Waals surface area contributed by atoms with E-state index in [1.165, 1.54) is 5.56 Å². The van der Waals surface area contributed by atoms with Crippen molar-refractivity contribution in [3.63, 3.8) is 0 Å². The predicted octanol–water partition coefficient (Wildman–Crippen LogP) is 2.21. The highest BCUT2D eigenvalue weighted by Crippen LogP contribution is 2.19. The second kappa shape index (κ2) is 7.51. The van der Waals surface area contributed by atoms with Crippen LogP contribution < -0.4 is 9.64 Å². The molecule has 0 spiro atoms. The zero-order chi connectivity index (χ0) is 17.8. The number of anilines is 1. The van der Waals surface area contributed by atoms with Gasteiger partial charge in [0.1, 0.15) is 5.75 Å². The Bertz CT molecular complexity index is 727. The molecule has 2 aromatic rings. The van der Waals surface area contributed by atoms with Crippen molar-refractivity contribution in [3.8, 4) is 5.75 Å². The van der Waals surface area contributed by atoms with Crippen LogP contribution >= 0.6 is 0 Å². The largest absolute Gasteiger partial charge is 0.481 e. The monoisotopic (exact) mass is 340 g/mol. The van der Waals surface area contributed by atoms with E-state index in [1.807, 2.05) is 36.9 Å². The molecule has 6 nitrogen and oxygen atoms in total. The van der Waals surface area contributed by atoms with Crippen LogP contribution in [0.15, 0.2) is 36.7 Å². The summed E-state index contributed by atoms with van der Waals surface area (Å²) < 4.78 is 5.85. The van der Waals surface area contributed by atoms with Crippen molar-refractivity contribution in [1.29, 1.82) is 0 Å². The zero-order valence-corrected chi connectivity index (χ0v) is 15.0. The van der Waals surface area contributed by atoms with Gasteiger partial charge in [0.05, 0.1) is 0 Å². The van der Waals surface area contributed by atoms with E-state index < -0.39 is 6.10 Å². The highest BCUT2D eigenvalue weighted by Gasteiger charge is 2.26. The fourth-order valence-corrected chi connectivity index (χ4v) is 2.88. The van der Waals surface area contributed by atoms with Gasteiger partial charge in [-0.1, -0.05) is 6.07 Å². The highest BCUT2D eigenvalue weighted by molar-refractivity contribution is 5.81. The van der Waals surface area contributed by atoms with E-state index in [9.17, 15) is 4.79 Å². The first-order chi connectivity index (χ1) is 12.0. The maximum atomic E-state index is 12.6. The number of rotatable bonds is 4. The second-order valence-corrected chi connectivity index (χ2v) is 6.37. The predicted molar refractivity (Wildman–Crippen MR) is 96.8 cm³/mol. The number of carbonyl (C=O) groups excluding carboxylic acids is 1. The number of benzene rings is 1. The Balaban J connectivity index is 1.55. The molecule has 6 heteroatoms. The second-order valence-electron chi connectivity index (χ2n) is 6.37. The van der Waals surface area contributed by atoms with E-state index in [0.29, 0.717) is 19.0 Å². The lowest BCUT2D eigenvalue weighted by Gasteiger charge is -2.35. The summed E-state index contributed by atoms with van der Waals surface area (Å²) in [5.41, 5.74) is 2.37. The summed E-state index contributed by atoms with van der Waals surface area (Å²) in [5, 5.41) is 0. The van der Waals surface area contributed by atoms with E-state index in [0.717, 1.165) is 24.4 Å². The normalized spacial score (nSPS) is 15.8.